The highest BCUT2D eigenvalue weighted by molar-refractivity contribution is 4.86. The number of aliphatic hydroxyl groups excluding tert-OH is 1. The van der Waals surface area contributed by atoms with Gasteiger partial charge in [0.25, 0.3) is 0 Å². The van der Waals surface area contributed by atoms with Gasteiger partial charge in [-0.2, -0.15) is 0 Å². The van der Waals surface area contributed by atoms with Crippen molar-refractivity contribution < 1.29 is 5.11 Å². The maximum absolute atomic E-state index is 9.65. The minimum absolute atomic E-state index is 0.0964. The first-order valence-electron chi connectivity index (χ1n) is 6.69. The lowest BCUT2D eigenvalue weighted by Gasteiger charge is -2.36. The molecular formula is C13H26N2O. The zero-order valence-corrected chi connectivity index (χ0v) is 10.7. The molecule has 3 heteroatoms. The molecule has 2 aliphatic rings. The van der Waals surface area contributed by atoms with Crippen molar-refractivity contribution in [2.45, 2.75) is 51.7 Å². The van der Waals surface area contributed by atoms with Gasteiger partial charge in [-0.3, -0.25) is 0 Å². The fourth-order valence-electron chi connectivity index (χ4n) is 2.54. The molecule has 1 saturated carbocycles. The normalized spacial score (nSPS) is 28.3. The summed E-state index contributed by atoms with van der Waals surface area (Å²) in [5, 5.41) is 13.3. The molecule has 16 heavy (non-hydrogen) atoms. The van der Waals surface area contributed by atoms with Crippen LogP contribution in [0.25, 0.3) is 0 Å². The lowest BCUT2D eigenvalue weighted by molar-refractivity contribution is 0.0501. The van der Waals surface area contributed by atoms with Gasteiger partial charge in [-0.15, -0.1) is 0 Å². The van der Waals surface area contributed by atoms with Gasteiger partial charge in [0.05, 0.1) is 6.10 Å². The molecule has 0 aromatic carbocycles. The highest BCUT2D eigenvalue weighted by Gasteiger charge is 2.28. The van der Waals surface area contributed by atoms with E-state index in [0.29, 0.717) is 5.41 Å². The number of nitrogens with zero attached hydrogens (tertiary/aromatic N) is 1. The van der Waals surface area contributed by atoms with Gasteiger partial charge in [0.15, 0.2) is 0 Å². The van der Waals surface area contributed by atoms with E-state index in [4.69, 9.17) is 0 Å². The van der Waals surface area contributed by atoms with E-state index in [9.17, 15) is 5.11 Å². The zero-order valence-electron chi connectivity index (χ0n) is 10.7. The van der Waals surface area contributed by atoms with Crippen LogP contribution in [0.4, 0.5) is 0 Å². The second-order valence-electron chi connectivity index (χ2n) is 6.35. The third-order valence-electron chi connectivity index (χ3n) is 3.58. The Morgan fingerprint density at radius 3 is 2.69 bits per heavy atom. The quantitative estimate of drug-likeness (QED) is 0.740. The number of likely N-dealkylation sites (tertiary alicyclic amines) is 1. The van der Waals surface area contributed by atoms with Crippen molar-refractivity contribution >= 4 is 0 Å². The molecule has 1 aliphatic heterocycles. The third kappa shape index (κ3) is 4.04. The molecule has 1 aliphatic carbocycles. The van der Waals surface area contributed by atoms with E-state index < -0.39 is 0 Å². The predicted octanol–water partition coefficient (Wildman–Crippen LogP) is 1.22. The van der Waals surface area contributed by atoms with Crippen LogP contribution in [-0.2, 0) is 0 Å². The molecule has 0 spiro atoms. The number of β-amino-alcohol motifs (C(OH)–C–C–N with tert-alkyl or cyclic N) is 1. The molecule has 0 aromatic rings. The Morgan fingerprint density at radius 2 is 2.06 bits per heavy atom. The van der Waals surface area contributed by atoms with Crippen LogP contribution in [0.3, 0.4) is 0 Å². The van der Waals surface area contributed by atoms with E-state index >= 15 is 0 Å². The van der Waals surface area contributed by atoms with E-state index in [1.807, 2.05) is 0 Å². The van der Waals surface area contributed by atoms with Crippen molar-refractivity contribution in [1.82, 2.24) is 10.2 Å². The number of piperidine rings is 1. The number of hydrogen-bond donors (Lipinski definition) is 2. The highest BCUT2D eigenvalue weighted by atomic mass is 16.3. The maximum atomic E-state index is 9.65. The van der Waals surface area contributed by atoms with Crippen LogP contribution in [0.15, 0.2) is 0 Å². The average molecular weight is 226 g/mol. The van der Waals surface area contributed by atoms with Gasteiger partial charge in [-0.05, 0) is 37.6 Å². The summed E-state index contributed by atoms with van der Waals surface area (Å²) < 4.78 is 0. The third-order valence-corrected chi connectivity index (χ3v) is 3.58. The second-order valence-corrected chi connectivity index (χ2v) is 6.35. The molecule has 0 bridgehead atoms. The molecule has 1 saturated heterocycles. The SMILES string of the molecule is CC(C)(CNC1CC1)CN1CCCC(O)C1. The molecule has 1 unspecified atom stereocenters. The zero-order chi connectivity index (χ0) is 11.6. The summed E-state index contributed by atoms with van der Waals surface area (Å²) in [6, 6.07) is 0.797. The van der Waals surface area contributed by atoms with Crippen molar-refractivity contribution in [1.29, 1.82) is 0 Å². The Kier molecular flexibility index (Phi) is 3.88. The fraction of sp³-hybridized carbons (Fsp3) is 1.00. The van der Waals surface area contributed by atoms with E-state index in [1.165, 1.54) is 12.8 Å². The number of hydrogen-bond acceptors (Lipinski definition) is 3. The van der Waals surface area contributed by atoms with Crippen molar-refractivity contribution in [3.63, 3.8) is 0 Å². The van der Waals surface area contributed by atoms with Gasteiger partial charge >= 0.3 is 0 Å². The van der Waals surface area contributed by atoms with Crippen LogP contribution in [0.2, 0.25) is 0 Å². The summed E-state index contributed by atoms with van der Waals surface area (Å²) in [4.78, 5) is 2.42. The van der Waals surface area contributed by atoms with Gasteiger partial charge < -0.3 is 15.3 Å². The van der Waals surface area contributed by atoms with Gasteiger partial charge in [0.1, 0.15) is 0 Å². The van der Waals surface area contributed by atoms with Gasteiger partial charge in [0, 0.05) is 25.7 Å². The van der Waals surface area contributed by atoms with Crippen LogP contribution in [-0.4, -0.2) is 48.3 Å². The topological polar surface area (TPSA) is 35.5 Å². The molecule has 3 nitrogen and oxygen atoms in total. The second kappa shape index (κ2) is 5.03. The van der Waals surface area contributed by atoms with Gasteiger partial charge in [-0.1, -0.05) is 13.8 Å². The fourth-order valence-corrected chi connectivity index (χ4v) is 2.54. The summed E-state index contributed by atoms with van der Waals surface area (Å²) in [6.45, 7) is 8.87. The molecule has 2 N–H and O–H groups in total. The Bertz CT molecular complexity index is 226. The smallest absolute Gasteiger partial charge is 0.0667 e. The molecule has 1 atom stereocenters. The number of aliphatic hydroxyl groups is 1. The predicted molar refractivity (Wildman–Crippen MR) is 66.5 cm³/mol. The first-order valence-corrected chi connectivity index (χ1v) is 6.69. The summed E-state index contributed by atoms with van der Waals surface area (Å²) in [7, 11) is 0. The van der Waals surface area contributed by atoms with Gasteiger partial charge in [-0.25, -0.2) is 0 Å². The van der Waals surface area contributed by atoms with E-state index in [1.54, 1.807) is 0 Å². The number of rotatable bonds is 5. The summed E-state index contributed by atoms with van der Waals surface area (Å²) in [5.41, 5.74) is 0.319. The monoisotopic (exact) mass is 226 g/mol. The van der Waals surface area contributed by atoms with Crippen LogP contribution in [0.5, 0.6) is 0 Å². The van der Waals surface area contributed by atoms with Crippen LogP contribution in [0, 0.1) is 5.41 Å². The molecule has 2 rings (SSSR count). The molecule has 0 amide bonds. The van der Waals surface area contributed by atoms with Crippen LogP contribution >= 0.6 is 0 Å². The molecule has 0 aromatic heterocycles. The largest absolute Gasteiger partial charge is 0.392 e. The summed E-state index contributed by atoms with van der Waals surface area (Å²) in [6.07, 6.45) is 4.75. The Labute approximate surface area is 99.2 Å². The Hall–Kier alpha value is -0.120. The number of nitrogens with one attached hydrogen (secondary N) is 1. The Balaban J connectivity index is 1.72. The molecule has 2 fully saturated rings. The van der Waals surface area contributed by atoms with E-state index in [-0.39, 0.29) is 6.10 Å². The van der Waals surface area contributed by atoms with Crippen LogP contribution < -0.4 is 5.32 Å². The summed E-state index contributed by atoms with van der Waals surface area (Å²) >= 11 is 0. The average Bonchev–Trinajstić information content (AvgIpc) is 2.97. The minimum Gasteiger partial charge on any atom is -0.392 e. The summed E-state index contributed by atoms with van der Waals surface area (Å²) in [5.74, 6) is 0. The highest BCUT2D eigenvalue weighted by Crippen LogP contribution is 2.23. The lowest BCUT2D eigenvalue weighted by Crippen LogP contribution is -2.46. The Morgan fingerprint density at radius 1 is 1.31 bits per heavy atom. The molecule has 1 heterocycles. The first-order chi connectivity index (χ1) is 7.55. The van der Waals surface area contributed by atoms with Crippen molar-refractivity contribution in [2.75, 3.05) is 26.2 Å². The minimum atomic E-state index is -0.0964. The van der Waals surface area contributed by atoms with Crippen LogP contribution in [0.1, 0.15) is 39.5 Å². The molecule has 94 valence electrons. The maximum Gasteiger partial charge on any atom is 0.0667 e. The first kappa shape index (κ1) is 12.3. The van der Waals surface area contributed by atoms with E-state index in [2.05, 4.69) is 24.1 Å². The van der Waals surface area contributed by atoms with Crippen molar-refractivity contribution in [3.8, 4) is 0 Å². The molecular weight excluding hydrogens is 200 g/mol. The van der Waals surface area contributed by atoms with Crippen molar-refractivity contribution in [2.24, 2.45) is 5.41 Å². The standard InChI is InChI=1S/C13H26N2O/c1-13(2,9-14-11-5-6-11)10-15-7-3-4-12(16)8-15/h11-12,14,16H,3-10H2,1-2H3. The lowest BCUT2D eigenvalue weighted by atomic mass is 9.91. The van der Waals surface area contributed by atoms with Gasteiger partial charge in [0.2, 0.25) is 0 Å². The van der Waals surface area contributed by atoms with Crippen molar-refractivity contribution in [3.05, 3.63) is 0 Å². The molecule has 0 radical (unpaired) electrons. The van der Waals surface area contributed by atoms with E-state index in [0.717, 1.165) is 45.1 Å².